The Hall–Kier alpha value is -1.42. The van der Waals surface area contributed by atoms with Crippen LogP contribution >= 0.6 is 11.6 Å². The maximum Gasteiger partial charge on any atom is 0.248 e. The van der Waals surface area contributed by atoms with Gasteiger partial charge in [-0.3, -0.25) is 0 Å². The molecule has 0 saturated carbocycles. The summed E-state index contributed by atoms with van der Waals surface area (Å²) in [5.41, 5.74) is 1.47. The van der Waals surface area contributed by atoms with Gasteiger partial charge in [0.1, 0.15) is 11.7 Å². The van der Waals surface area contributed by atoms with Crippen LogP contribution in [0.25, 0.3) is 11.5 Å². The summed E-state index contributed by atoms with van der Waals surface area (Å²) in [6, 6.07) is 4.38. The van der Waals surface area contributed by atoms with Gasteiger partial charge >= 0.3 is 0 Å². The number of hydrogen-bond donors (Lipinski definition) is 0. The van der Waals surface area contributed by atoms with E-state index in [4.69, 9.17) is 16.0 Å². The zero-order valence-corrected chi connectivity index (χ0v) is 8.75. The van der Waals surface area contributed by atoms with E-state index in [0.717, 1.165) is 11.1 Å². The zero-order chi connectivity index (χ0) is 10.8. The van der Waals surface area contributed by atoms with Crippen LogP contribution in [-0.4, -0.2) is 10.2 Å². The fourth-order valence-corrected chi connectivity index (χ4v) is 1.39. The summed E-state index contributed by atoms with van der Waals surface area (Å²) < 4.78 is 18.1. The first-order valence-corrected chi connectivity index (χ1v) is 4.89. The van der Waals surface area contributed by atoms with Gasteiger partial charge in [0.2, 0.25) is 11.8 Å². The molecule has 0 aliphatic carbocycles. The highest BCUT2D eigenvalue weighted by molar-refractivity contribution is 6.16. The maximum absolute atomic E-state index is 12.8. The van der Waals surface area contributed by atoms with Crippen molar-refractivity contribution in [2.75, 3.05) is 0 Å². The Morgan fingerprint density at radius 2 is 2.20 bits per heavy atom. The van der Waals surface area contributed by atoms with Gasteiger partial charge in [-0.05, 0) is 30.7 Å². The number of benzene rings is 1. The van der Waals surface area contributed by atoms with Crippen LogP contribution in [0.2, 0.25) is 0 Å². The van der Waals surface area contributed by atoms with E-state index in [9.17, 15) is 4.39 Å². The third kappa shape index (κ3) is 1.99. The van der Waals surface area contributed by atoms with Gasteiger partial charge in [-0.15, -0.1) is 21.8 Å². The van der Waals surface area contributed by atoms with Crippen molar-refractivity contribution >= 4 is 11.6 Å². The van der Waals surface area contributed by atoms with E-state index in [1.165, 1.54) is 12.1 Å². The molecule has 1 aromatic carbocycles. The highest BCUT2D eigenvalue weighted by atomic mass is 35.5. The number of aryl methyl sites for hydroxylation is 1. The van der Waals surface area contributed by atoms with Crippen LogP contribution in [0.4, 0.5) is 4.39 Å². The normalized spacial score (nSPS) is 10.6. The van der Waals surface area contributed by atoms with Gasteiger partial charge < -0.3 is 4.42 Å². The standard InChI is InChI=1S/C10H8ClFN2O/c1-6-4-7(12)2-3-8(6)10-14-13-9(5-11)15-10/h2-4H,5H2,1H3. The highest BCUT2D eigenvalue weighted by Gasteiger charge is 2.10. The van der Waals surface area contributed by atoms with Gasteiger partial charge in [-0.1, -0.05) is 0 Å². The zero-order valence-electron chi connectivity index (χ0n) is 8.00. The molecule has 0 atom stereocenters. The highest BCUT2D eigenvalue weighted by Crippen LogP contribution is 2.22. The van der Waals surface area contributed by atoms with Crippen LogP contribution in [0.1, 0.15) is 11.5 Å². The van der Waals surface area contributed by atoms with Crippen LogP contribution in [-0.2, 0) is 5.88 Å². The van der Waals surface area contributed by atoms with Gasteiger partial charge in [0.05, 0.1) is 0 Å². The fourth-order valence-electron chi connectivity index (χ4n) is 1.28. The predicted octanol–water partition coefficient (Wildman–Crippen LogP) is 2.92. The van der Waals surface area contributed by atoms with Crippen LogP contribution in [0.15, 0.2) is 22.6 Å². The van der Waals surface area contributed by atoms with Crippen molar-refractivity contribution in [3.63, 3.8) is 0 Å². The van der Waals surface area contributed by atoms with Crippen molar-refractivity contribution in [2.45, 2.75) is 12.8 Å². The first-order chi connectivity index (χ1) is 7.20. The van der Waals surface area contributed by atoms with Gasteiger partial charge in [0, 0.05) is 5.56 Å². The monoisotopic (exact) mass is 226 g/mol. The summed E-state index contributed by atoms with van der Waals surface area (Å²) >= 11 is 5.54. The molecular formula is C10H8ClFN2O. The molecule has 0 saturated heterocycles. The molecule has 0 aliphatic rings. The molecule has 0 spiro atoms. The lowest BCUT2D eigenvalue weighted by Crippen LogP contribution is -1.85. The van der Waals surface area contributed by atoms with E-state index in [0.29, 0.717) is 11.8 Å². The number of aromatic nitrogens is 2. The molecule has 0 bridgehead atoms. The molecule has 0 fully saturated rings. The molecule has 0 aliphatic heterocycles. The molecular weight excluding hydrogens is 219 g/mol. The molecule has 5 heteroatoms. The van der Waals surface area contributed by atoms with E-state index >= 15 is 0 Å². The van der Waals surface area contributed by atoms with Crippen LogP contribution in [0, 0.1) is 12.7 Å². The number of rotatable bonds is 2. The van der Waals surface area contributed by atoms with E-state index in [2.05, 4.69) is 10.2 Å². The molecule has 1 aromatic heterocycles. The van der Waals surface area contributed by atoms with Crippen molar-refractivity contribution in [3.8, 4) is 11.5 Å². The molecule has 0 unspecified atom stereocenters. The van der Waals surface area contributed by atoms with Crippen molar-refractivity contribution in [3.05, 3.63) is 35.5 Å². The summed E-state index contributed by atoms with van der Waals surface area (Å²) in [4.78, 5) is 0. The van der Waals surface area contributed by atoms with Crippen molar-refractivity contribution in [1.29, 1.82) is 0 Å². The van der Waals surface area contributed by atoms with E-state index < -0.39 is 0 Å². The molecule has 1 heterocycles. The summed E-state index contributed by atoms with van der Waals surface area (Å²) in [6.45, 7) is 1.78. The van der Waals surface area contributed by atoms with E-state index in [1.807, 2.05) is 0 Å². The van der Waals surface area contributed by atoms with Crippen LogP contribution < -0.4 is 0 Å². The molecule has 3 nitrogen and oxygen atoms in total. The smallest absolute Gasteiger partial charge is 0.248 e. The lowest BCUT2D eigenvalue weighted by Gasteiger charge is -1.99. The lowest BCUT2D eigenvalue weighted by molar-refractivity contribution is 0.527. The van der Waals surface area contributed by atoms with Gasteiger partial charge in [-0.2, -0.15) is 0 Å². The molecule has 15 heavy (non-hydrogen) atoms. The Morgan fingerprint density at radius 3 is 2.80 bits per heavy atom. The third-order valence-corrected chi connectivity index (χ3v) is 2.23. The Bertz CT molecular complexity index is 484. The predicted molar refractivity (Wildman–Crippen MR) is 54.0 cm³/mol. The Labute approximate surface area is 90.9 Å². The summed E-state index contributed by atoms with van der Waals surface area (Å²) in [6.07, 6.45) is 0. The second-order valence-electron chi connectivity index (χ2n) is 3.09. The average molecular weight is 227 g/mol. The van der Waals surface area contributed by atoms with Crippen molar-refractivity contribution < 1.29 is 8.81 Å². The average Bonchev–Trinajstić information content (AvgIpc) is 2.66. The van der Waals surface area contributed by atoms with Gasteiger partial charge in [-0.25, -0.2) is 4.39 Å². The number of alkyl halides is 1. The first kappa shape index (κ1) is 10.1. The summed E-state index contributed by atoms with van der Waals surface area (Å²) in [5, 5.41) is 7.56. The summed E-state index contributed by atoms with van der Waals surface area (Å²) in [7, 11) is 0. The van der Waals surface area contributed by atoms with E-state index in [1.54, 1.807) is 13.0 Å². The van der Waals surface area contributed by atoms with Crippen molar-refractivity contribution in [2.24, 2.45) is 0 Å². The molecule has 78 valence electrons. The van der Waals surface area contributed by atoms with Crippen LogP contribution in [0.3, 0.4) is 0 Å². The molecule has 0 amide bonds. The fraction of sp³-hybridized carbons (Fsp3) is 0.200. The Morgan fingerprint density at radius 1 is 1.40 bits per heavy atom. The summed E-state index contributed by atoms with van der Waals surface area (Å²) in [5.74, 6) is 0.611. The van der Waals surface area contributed by atoms with E-state index in [-0.39, 0.29) is 11.7 Å². The minimum atomic E-state index is -0.284. The molecule has 0 radical (unpaired) electrons. The number of hydrogen-bond acceptors (Lipinski definition) is 3. The topological polar surface area (TPSA) is 38.9 Å². The number of halogens is 2. The maximum atomic E-state index is 12.8. The quantitative estimate of drug-likeness (QED) is 0.739. The second-order valence-corrected chi connectivity index (χ2v) is 3.36. The number of nitrogens with zero attached hydrogens (tertiary/aromatic N) is 2. The second kappa shape index (κ2) is 3.98. The van der Waals surface area contributed by atoms with Gasteiger partial charge in [0.25, 0.3) is 0 Å². The minimum Gasteiger partial charge on any atom is -0.419 e. The van der Waals surface area contributed by atoms with Crippen molar-refractivity contribution in [1.82, 2.24) is 10.2 Å². The molecule has 2 aromatic rings. The molecule has 2 rings (SSSR count). The lowest BCUT2D eigenvalue weighted by atomic mass is 10.1. The first-order valence-electron chi connectivity index (χ1n) is 4.35. The Kier molecular flexibility index (Phi) is 2.68. The van der Waals surface area contributed by atoms with Crippen LogP contribution in [0.5, 0.6) is 0 Å². The SMILES string of the molecule is Cc1cc(F)ccc1-c1nnc(CCl)o1. The largest absolute Gasteiger partial charge is 0.419 e. The molecule has 0 N–H and O–H groups in total. The Balaban J connectivity index is 2.44. The minimum absolute atomic E-state index is 0.174. The third-order valence-electron chi connectivity index (χ3n) is 2.00. The van der Waals surface area contributed by atoms with Gasteiger partial charge in [0.15, 0.2) is 0 Å².